The highest BCUT2D eigenvalue weighted by molar-refractivity contribution is 9.09. The number of rotatable bonds is 2. The van der Waals surface area contributed by atoms with Crippen LogP contribution in [0.5, 0.6) is 0 Å². The van der Waals surface area contributed by atoms with Crippen LogP contribution in [0.3, 0.4) is 0 Å². The van der Waals surface area contributed by atoms with E-state index in [1.807, 2.05) is 0 Å². The SMILES string of the molecule is Fc1cc(C2CCC(C3CCC(Br)CC3)CC2)cc(F)c1F. The minimum Gasteiger partial charge on any atom is -0.204 e. The molecule has 1 aromatic rings. The standard InChI is InChI=1S/C18H22BrF3/c19-15-7-5-12(6-8-15)11-1-3-13(4-2-11)14-9-16(20)18(22)17(21)10-14/h9-13,15H,1-8H2. The van der Waals surface area contributed by atoms with Gasteiger partial charge in [-0.15, -0.1) is 0 Å². The summed E-state index contributed by atoms with van der Waals surface area (Å²) in [6.07, 6.45) is 9.30. The largest absolute Gasteiger partial charge is 0.204 e. The van der Waals surface area contributed by atoms with Gasteiger partial charge >= 0.3 is 0 Å². The second-order valence-electron chi connectivity index (χ2n) is 6.92. The minimum atomic E-state index is -1.36. The van der Waals surface area contributed by atoms with Gasteiger partial charge in [0.25, 0.3) is 0 Å². The van der Waals surface area contributed by atoms with Crippen LogP contribution < -0.4 is 0 Å². The maximum atomic E-state index is 13.4. The van der Waals surface area contributed by atoms with Gasteiger partial charge in [0, 0.05) is 4.83 Å². The van der Waals surface area contributed by atoms with E-state index in [-0.39, 0.29) is 5.92 Å². The van der Waals surface area contributed by atoms with Crippen molar-refractivity contribution in [2.45, 2.75) is 62.1 Å². The van der Waals surface area contributed by atoms with Gasteiger partial charge in [0.05, 0.1) is 0 Å². The van der Waals surface area contributed by atoms with E-state index in [9.17, 15) is 13.2 Å². The fourth-order valence-electron chi connectivity index (χ4n) is 4.28. The molecule has 0 amide bonds. The Labute approximate surface area is 138 Å². The molecule has 4 heteroatoms. The summed E-state index contributed by atoms with van der Waals surface area (Å²) < 4.78 is 39.8. The van der Waals surface area contributed by atoms with E-state index >= 15 is 0 Å². The Balaban J connectivity index is 1.60. The molecule has 0 heterocycles. The molecule has 0 radical (unpaired) electrons. The van der Waals surface area contributed by atoms with Crippen LogP contribution in [-0.4, -0.2) is 4.83 Å². The molecule has 2 aliphatic rings. The molecular formula is C18H22BrF3. The summed E-state index contributed by atoms with van der Waals surface area (Å²) in [5.74, 6) is -1.74. The minimum absolute atomic E-state index is 0.174. The first-order valence-electron chi connectivity index (χ1n) is 8.33. The van der Waals surface area contributed by atoms with Gasteiger partial charge in [-0.3, -0.25) is 0 Å². The molecule has 22 heavy (non-hydrogen) atoms. The van der Waals surface area contributed by atoms with Gasteiger partial charge in [0.15, 0.2) is 17.5 Å². The molecule has 0 aliphatic heterocycles. The first-order valence-corrected chi connectivity index (χ1v) is 9.24. The summed E-state index contributed by atoms with van der Waals surface area (Å²) in [5, 5.41) is 0. The van der Waals surface area contributed by atoms with Crippen molar-refractivity contribution in [1.82, 2.24) is 0 Å². The molecule has 122 valence electrons. The normalized spacial score (nSPS) is 32.9. The zero-order valence-electron chi connectivity index (χ0n) is 12.6. The molecule has 0 aromatic heterocycles. The Bertz CT molecular complexity index is 492. The molecule has 0 nitrogen and oxygen atoms in total. The number of benzene rings is 1. The first-order chi connectivity index (χ1) is 10.5. The van der Waals surface area contributed by atoms with Crippen molar-refractivity contribution < 1.29 is 13.2 Å². The lowest BCUT2D eigenvalue weighted by molar-refractivity contribution is 0.188. The zero-order chi connectivity index (χ0) is 15.7. The molecule has 0 N–H and O–H groups in total. The molecule has 2 aliphatic carbocycles. The van der Waals surface area contributed by atoms with Gasteiger partial charge < -0.3 is 0 Å². The van der Waals surface area contributed by atoms with Gasteiger partial charge in [-0.25, -0.2) is 13.2 Å². The Morgan fingerprint density at radius 3 is 1.68 bits per heavy atom. The lowest BCUT2D eigenvalue weighted by Crippen LogP contribution is -2.25. The van der Waals surface area contributed by atoms with Crippen molar-refractivity contribution >= 4 is 15.9 Å². The van der Waals surface area contributed by atoms with Crippen LogP contribution in [0.2, 0.25) is 0 Å². The van der Waals surface area contributed by atoms with Crippen LogP contribution in [-0.2, 0) is 0 Å². The molecule has 0 spiro atoms. The molecule has 0 saturated heterocycles. The van der Waals surface area contributed by atoms with Crippen molar-refractivity contribution in [3.63, 3.8) is 0 Å². The van der Waals surface area contributed by atoms with Crippen molar-refractivity contribution in [2.24, 2.45) is 11.8 Å². The maximum Gasteiger partial charge on any atom is 0.194 e. The van der Waals surface area contributed by atoms with Crippen molar-refractivity contribution in [2.75, 3.05) is 0 Å². The zero-order valence-corrected chi connectivity index (χ0v) is 14.2. The fraction of sp³-hybridized carbons (Fsp3) is 0.667. The smallest absolute Gasteiger partial charge is 0.194 e. The van der Waals surface area contributed by atoms with Crippen LogP contribution in [0.1, 0.15) is 62.8 Å². The van der Waals surface area contributed by atoms with Crippen molar-refractivity contribution in [3.8, 4) is 0 Å². The molecule has 1 aromatic carbocycles. The van der Waals surface area contributed by atoms with Gasteiger partial charge in [0.2, 0.25) is 0 Å². The van der Waals surface area contributed by atoms with E-state index in [4.69, 9.17) is 0 Å². The van der Waals surface area contributed by atoms with E-state index in [1.165, 1.54) is 37.8 Å². The predicted octanol–water partition coefficient (Wildman–Crippen LogP) is 6.33. The van der Waals surface area contributed by atoms with Crippen LogP contribution in [0.4, 0.5) is 13.2 Å². The van der Waals surface area contributed by atoms with Gasteiger partial charge in [-0.05, 0) is 86.8 Å². The summed E-state index contributed by atoms with van der Waals surface area (Å²) in [5.41, 5.74) is 0.624. The van der Waals surface area contributed by atoms with Gasteiger partial charge in [-0.2, -0.15) is 0 Å². The summed E-state index contributed by atoms with van der Waals surface area (Å²) >= 11 is 3.70. The average Bonchev–Trinajstić information content (AvgIpc) is 2.53. The predicted molar refractivity (Wildman–Crippen MR) is 85.7 cm³/mol. The Morgan fingerprint density at radius 2 is 1.18 bits per heavy atom. The third-order valence-corrected chi connectivity index (χ3v) is 6.53. The molecule has 2 saturated carbocycles. The first kappa shape index (κ1) is 16.4. The number of halogens is 4. The molecular weight excluding hydrogens is 353 g/mol. The number of hydrogen-bond acceptors (Lipinski definition) is 0. The molecule has 0 unspecified atom stereocenters. The van der Waals surface area contributed by atoms with Crippen molar-refractivity contribution in [1.29, 1.82) is 0 Å². The van der Waals surface area contributed by atoms with Crippen LogP contribution in [0.15, 0.2) is 12.1 Å². The van der Waals surface area contributed by atoms with E-state index in [2.05, 4.69) is 15.9 Å². The molecule has 0 atom stereocenters. The maximum absolute atomic E-state index is 13.4. The third-order valence-electron chi connectivity index (χ3n) is 5.62. The number of hydrogen-bond donors (Lipinski definition) is 0. The average molecular weight is 375 g/mol. The number of alkyl halides is 1. The van der Waals surface area contributed by atoms with Gasteiger partial charge in [-0.1, -0.05) is 15.9 Å². The Morgan fingerprint density at radius 1 is 0.727 bits per heavy atom. The van der Waals surface area contributed by atoms with Gasteiger partial charge in [0.1, 0.15) is 0 Å². The summed E-state index contributed by atoms with van der Waals surface area (Å²) in [7, 11) is 0. The summed E-state index contributed by atoms with van der Waals surface area (Å²) in [6.45, 7) is 0. The molecule has 0 bridgehead atoms. The van der Waals surface area contributed by atoms with Crippen molar-refractivity contribution in [3.05, 3.63) is 35.1 Å². The highest BCUT2D eigenvalue weighted by Crippen LogP contribution is 2.44. The van der Waals surface area contributed by atoms with Crippen LogP contribution >= 0.6 is 15.9 Å². The van der Waals surface area contributed by atoms with E-state index in [1.54, 1.807) is 0 Å². The lowest BCUT2D eigenvalue weighted by atomic mass is 9.70. The summed E-state index contributed by atoms with van der Waals surface area (Å²) in [4.78, 5) is 0.685. The van der Waals surface area contributed by atoms with Crippen LogP contribution in [0.25, 0.3) is 0 Å². The van der Waals surface area contributed by atoms with E-state index in [0.717, 1.165) is 37.5 Å². The topological polar surface area (TPSA) is 0 Å². The Kier molecular flexibility index (Phi) is 5.16. The second kappa shape index (κ2) is 6.94. The molecule has 3 rings (SSSR count). The lowest BCUT2D eigenvalue weighted by Gasteiger charge is -2.37. The summed E-state index contributed by atoms with van der Waals surface area (Å²) in [6, 6.07) is 2.36. The molecule has 2 fully saturated rings. The van der Waals surface area contributed by atoms with Crippen LogP contribution in [0, 0.1) is 29.3 Å². The second-order valence-corrected chi connectivity index (χ2v) is 8.22. The Hall–Kier alpha value is -0.510. The highest BCUT2D eigenvalue weighted by atomic mass is 79.9. The van der Waals surface area contributed by atoms with E-state index < -0.39 is 17.5 Å². The fourth-order valence-corrected chi connectivity index (χ4v) is 4.81. The van der Waals surface area contributed by atoms with E-state index in [0.29, 0.717) is 10.4 Å². The third kappa shape index (κ3) is 3.52. The highest BCUT2D eigenvalue weighted by Gasteiger charge is 2.31. The monoisotopic (exact) mass is 374 g/mol. The quantitative estimate of drug-likeness (QED) is 0.418.